The second kappa shape index (κ2) is 27.5. The largest absolute Gasteiger partial charge is 0.431 e. The first kappa shape index (κ1) is 55.8. The van der Waals surface area contributed by atoms with Crippen LogP contribution in [-0.2, 0) is 17.9 Å². The van der Waals surface area contributed by atoms with Crippen LogP contribution >= 0.6 is 0 Å². The van der Waals surface area contributed by atoms with Crippen molar-refractivity contribution in [3.8, 4) is 51.5 Å². The average Bonchev–Trinajstić information content (AvgIpc) is 4.33. The number of nitrogens with one attached hydrogen (secondary N) is 5. The Labute approximate surface area is 448 Å². The Morgan fingerprint density at radius 1 is 0.610 bits per heavy atom. The van der Waals surface area contributed by atoms with E-state index in [1.54, 1.807) is 47.1 Å². The van der Waals surface area contributed by atoms with Gasteiger partial charge < -0.3 is 34.8 Å². The van der Waals surface area contributed by atoms with Crippen LogP contribution in [0.15, 0.2) is 136 Å². The third-order valence-corrected chi connectivity index (χ3v) is 12.9. The van der Waals surface area contributed by atoms with Crippen LogP contribution in [0.5, 0.6) is 0 Å². The van der Waals surface area contributed by atoms with Crippen LogP contribution in [-0.4, -0.2) is 78.3 Å². The van der Waals surface area contributed by atoms with E-state index < -0.39 is 5.91 Å². The predicted octanol–water partition coefficient (Wildman–Crippen LogP) is 11.0. The molecule has 8 aromatic rings. The average molecular weight is 1040 g/mol. The number of hydrogen-bond donors (Lipinski definition) is 5. The van der Waals surface area contributed by atoms with E-state index in [0.29, 0.717) is 70.8 Å². The number of oxazole rings is 2. The van der Waals surface area contributed by atoms with Gasteiger partial charge in [0, 0.05) is 46.1 Å². The molecule has 0 unspecified atom stereocenters. The number of carbonyl (C=O) groups is 4. The van der Waals surface area contributed by atoms with Crippen molar-refractivity contribution in [2.24, 2.45) is 0 Å². The van der Waals surface area contributed by atoms with Crippen molar-refractivity contribution in [1.82, 2.24) is 45.9 Å². The number of ether oxygens (including phenoxy) is 1. The number of amides is 4. The van der Waals surface area contributed by atoms with Crippen molar-refractivity contribution in [2.75, 3.05) is 11.9 Å². The van der Waals surface area contributed by atoms with Crippen LogP contribution in [0, 0.1) is 11.3 Å². The molecular weight excluding hydrogens is 975 g/mol. The molecule has 4 aromatic carbocycles. The standard InChI is InChI=1S/C33H41N5O4.C26H24N6O3/c1-5-26(6-2)35-31(39)29-20-28(37-38(29)17-18-41-22-23-13-10-9-11-14-23)24-15-12-16-25(19-24)33-34-21-30(42-33)32(40)36-27(7-3)8-4;1-3-19(4-2)29-24(33)22-13-21(31-32-22)17-8-6-9-18(12-17)26-28-15-23(35-26)25(34)30-20-10-5-7-16(11-20)14-27/h9-16,19-21,26-27H,5-8,17-18,22H2,1-4H3,(H,35,39)(H,36,40);5-13,15,19H,3-4H2,1-2H3,(H,29,33)(H,30,34)(H,31,32). The smallest absolute Gasteiger partial charge is 0.293 e. The number of H-pyrrole nitrogens is 1. The second-order valence-corrected chi connectivity index (χ2v) is 18.2. The summed E-state index contributed by atoms with van der Waals surface area (Å²) in [6.07, 6.45) is 7.88. The first-order valence-corrected chi connectivity index (χ1v) is 26.1. The fourth-order valence-electron chi connectivity index (χ4n) is 8.18. The maximum atomic E-state index is 13.3. The Bertz CT molecular complexity index is 3260. The van der Waals surface area contributed by atoms with Crippen LogP contribution < -0.4 is 21.3 Å². The SMILES string of the molecule is CCC(CC)NC(=O)c1cc(-c2cccc(-c3ncc(C(=O)Nc4cccc(C#N)c4)o3)c2)n[nH]1.CCC(CC)NC(=O)c1cnc(-c2cccc(-c3cc(C(=O)NC(CC)CC)n(CCOCc4ccccc4)n3)c2)o1. The minimum absolute atomic E-state index is 0.0351. The normalized spacial score (nSPS) is 11.0. The molecule has 4 amide bonds. The summed E-state index contributed by atoms with van der Waals surface area (Å²) in [7, 11) is 0. The van der Waals surface area contributed by atoms with Gasteiger partial charge in [-0.1, -0.05) is 102 Å². The fourth-order valence-corrected chi connectivity index (χ4v) is 8.18. The number of rotatable bonds is 23. The minimum atomic E-state index is -0.476. The molecule has 77 heavy (non-hydrogen) atoms. The lowest BCUT2D eigenvalue weighted by Gasteiger charge is -2.15. The van der Waals surface area contributed by atoms with Gasteiger partial charge in [0.05, 0.1) is 55.2 Å². The molecule has 0 saturated carbocycles. The summed E-state index contributed by atoms with van der Waals surface area (Å²) in [4.78, 5) is 59.5. The highest BCUT2D eigenvalue weighted by Gasteiger charge is 2.22. The molecule has 0 bridgehead atoms. The molecule has 18 nitrogen and oxygen atoms in total. The lowest BCUT2D eigenvalue weighted by atomic mass is 10.1. The van der Waals surface area contributed by atoms with Gasteiger partial charge in [0.1, 0.15) is 11.4 Å². The number of nitrogens with zero attached hydrogens (tertiary/aromatic N) is 6. The number of hydrogen-bond acceptors (Lipinski definition) is 12. The summed E-state index contributed by atoms with van der Waals surface area (Å²) in [5.74, 6) is -0.303. The van der Waals surface area contributed by atoms with Gasteiger partial charge in [0.15, 0.2) is 0 Å². The molecule has 8 rings (SSSR count). The lowest BCUT2D eigenvalue weighted by molar-refractivity contribution is 0.0899. The van der Waals surface area contributed by atoms with Crippen molar-refractivity contribution >= 4 is 29.3 Å². The third kappa shape index (κ3) is 15.1. The van der Waals surface area contributed by atoms with Gasteiger partial charge >= 0.3 is 0 Å². The molecule has 18 heteroatoms. The van der Waals surface area contributed by atoms with Crippen LogP contribution in [0.2, 0.25) is 0 Å². The summed E-state index contributed by atoms with van der Waals surface area (Å²) < 4.78 is 19.1. The van der Waals surface area contributed by atoms with Crippen LogP contribution in [0.3, 0.4) is 0 Å². The zero-order valence-corrected chi connectivity index (χ0v) is 44.3. The molecule has 0 aliphatic heterocycles. The molecule has 4 aromatic heterocycles. The maximum absolute atomic E-state index is 13.3. The molecular formula is C59H65N11O7. The van der Waals surface area contributed by atoms with Crippen molar-refractivity contribution in [3.63, 3.8) is 0 Å². The molecule has 4 heterocycles. The van der Waals surface area contributed by atoms with E-state index in [2.05, 4.69) is 55.3 Å². The van der Waals surface area contributed by atoms with Crippen LogP contribution in [0.25, 0.3) is 45.4 Å². The van der Waals surface area contributed by atoms with Crippen LogP contribution in [0.4, 0.5) is 5.69 Å². The number of nitriles is 1. The predicted molar refractivity (Wildman–Crippen MR) is 293 cm³/mol. The van der Waals surface area contributed by atoms with Crippen molar-refractivity contribution in [2.45, 2.75) is 111 Å². The van der Waals surface area contributed by atoms with Crippen molar-refractivity contribution in [3.05, 3.63) is 162 Å². The Hall–Kier alpha value is -8.95. The number of aromatic nitrogens is 6. The van der Waals surface area contributed by atoms with E-state index in [9.17, 15) is 19.2 Å². The van der Waals surface area contributed by atoms with Crippen molar-refractivity contribution in [1.29, 1.82) is 5.26 Å². The molecule has 398 valence electrons. The molecule has 0 fully saturated rings. The molecule has 5 N–H and O–H groups in total. The van der Waals surface area contributed by atoms with E-state index in [1.165, 1.54) is 12.4 Å². The van der Waals surface area contributed by atoms with Crippen molar-refractivity contribution < 1.29 is 32.7 Å². The maximum Gasteiger partial charge on any atom is 0.293 e. The van der Waals surface area contributed by atoms with Gasteiger partial charge in [-0.15, -0.1) is 0 Å². The quantitative estimate of drug-likeness (QED) is 0.0375. The van der Waals surface area contributed by atoms with Gasteiger partial charge in [-0.25, -0.2) is 9.97 Å². The zero-order valence-electron chi connectivity index (χ0n) is 44.3. The second-order valence-electron chi connectivity index (χ2n) is 18.2. The molecule has 0 atom stereocenters. The molecule has 0 spiro atoms. The highest BCUT2D eigenvalue weighted by atomic mass is 16.5. The number of carbonyl (C=O) groups excluding carboxylic acids is 4. The minimum Gasteiger partial charge on any atom is -0.431 e. The number of benzene rings is 4. The van der Waals surface area contributed by atoms with Gasteiger partial charge in [-0.3, -0.25) is 29.0 Å². The van der Waals surface area contributed by atoms with Gasteiger partial charge in [0.2, 0.25) is 23.3 Å². The monoisotopic (exact) mass is 1040 g/mol. The molecule has 0 radical (unpaired) electrons. The third-order valence-electron chi connectivity index (χ3n) is 12.9. The van der Waals surface area contributed by atoms with E-state index in [0.717, 1.165) is 55.2 Å². The van der Waals surface area contributed by atoms with Gasteiger partial charge in [0.25, 0.3) is 23.6 Å². The number of anilines is 1. The van der Waals surface area contributed by atoms with Gasteiger partial charge in [-0.05, 0) is 98.7 Å². The molecule has 0 aliphatic carbocycles. The summed E-state index contributed by atoms with van der Waals surface area (Å²) in [6.45, 7) is 13.6. The summed E-state index contributed by atoms with van der Waals surface area (Å²) >= 11 is 0. The Morgan fingerprint density at radius 2 is 1.16 bits per heavy atom. The summed E-state index contributed by atoms with van der Waals surface area (Å²) in [5.41, 5.74) is 7.03. The van der Waals surface area contributed by atoms with Crippen LogP contribution in [0.1, 0.15) is 133 Å². The Morgan fingerprint density at radius 3 is 1.75 bits per heavy atom. The van der Waals surface area contributed by atoms with Gasteiger partial charge in [-0.2, -0.15) is 15.5 Å². The first-order chi connectivity index (χ1) is 37.4. The highest BCUT2D eigenvalue weighted by molar-refractivity contribution is 6.02. The Balaban J connectivity index is 0.000000227. The van der Waals surface area contributed by atoms with E-state index in [4.69, 9.17) is 23.9 Å². The molecule has 0 aliphatic rings. The summed E-state index contributed by atoms with van der Waals surface area (Å²) in [6, 6.07) is 37.3. The fraction of sp³-hybridized carbons (Fsp3) is 0.305. The first-order valence-electron chi connectivity index (χ1n) is 26.1. The topological polar surface area (TPSA) is 248 Å². The zero-order chi connectivity index (χ0) is 54.7. The highest BCUT2D eigenvalue weighted by Crippen LogP contribution is 2.28. The summed E-state index contributed by atoms with van der Waals surface area (Å²) in [5, 5.41) is 32.6. The Kier molecular flexibility index (Phi) is 20.0. The van der Waals surface area contributed by atoms with E-state index in [-0.39, 0.29) is 53.3 Å². The number of aromatic amines is 1. The van der Waals surface area contributed by atoms with E-state index >= 15 is 0 Å². The van der Waals surface area contributed by atoms with E-state index in [1.807, 2.05) is 107 Å². The molecule has 0 saturated heterocycles. The lowest BCUT2D eigenvalue weighted by Crippen LogP contribution is -2.35.